The molecule has 3 N–H and O–H groups in total. The van der Waals surface area contributed by atoms with Gasteiger partial charge in [0.1, 0.15) is 0 Å². The molecule has 6 heteroatoms. The van der Waals surface area contributed by atoms with Crippen molar-refractivity contribution < 1.29 is 19.4 Å². The zero-order chi connectivity index (χ0) is 11.4. The Morgan fingerprint density at radius 3 is 2.60 bits per heavy atom. The molecule has 6 nitrogen and oxygen atoms in total. The summed E-state index contributed by atoms with van der Waals surface area (Å²) < 4.78 is 4.60. The van der Waals surface area contributed by atoms with E-state index in [4.69, 9.17) is 10.8 Å². The molecule has 1 unspecified atom stereocenters. The Morgan fingerprint density at radius 2 is 2.20 bits per heavy atom. The maximum atomic E-state index is 10.8. The van der Waals surface area contributed by atoms with Crippen LogP contribution in [0.2, 0.25) is 0 Å². The second-order valence-electron chi connectivity index (χ2n) is 2.84. The number of aromatic nitrogens is 1. The van der Waals surface area contributed by atoms with E-state index >= 15 is 0 Å². The average molecular weight is 210 g/mol. The van der Waals surface area contributed by atoms with Gasteiger partial charge in [-0.3, -0.25) is 9.78 Å². The van der Waals surface area contributed by atoms with Gasteiger partial charge < -0.3 is 15.6 Å². The number of anilines is 1. The van der Waals surface area contributed by atoms with E-state index in [1.807, 2.05) is 0 Å². The van der Waals surface area contributed by atoms with E-state index in [9.17, 15) is 9.59 Å². The Morgan fingerprint density at radius 1 is 1.53 bits per heavy atom. The van der Waals surface area contributed by atoms with Crippen LogP contribution < -0.4 is 5.73 Å². The van der Waals surface area contributed by atoms with E-state index < -0.39 is 18.0 Å². The number of pyridine rings is 1. The number of hydrogen-bond acceptors (Lipinski definition) is 5. The minimum atomic E-state index is -1.39. The van der Waals surface area contributed by atoms with E-state index in [-0.39, 0.29) is 5.69 Å². The number of carbonyl (C=O) groups excluding carboxylic acids is 1. The van der Waals surface area contributed by atoms with Crippen LogP contribution in [-0.2, 0) is 14.3 Å². The zero-order valence-electron chi connectivity index (χ0n) is 8.01. The molecule has 1 rings (SSSR count). The number of hydrogen-bond donors (Lipinski definition) is 2. The van der Waals surface area contributed by atoms with Gasteiger partial charge in [-0.15, -0.1) is 0 Å². The predicted octanol–water partition coefficient (Wildman–Crippen LogP) is 0.353. The van der Waals surface area contributed by atoms with Crippen LogP contribution >= 0.6 is 0 Å². The molecule has 0 saturated heterocycles. The molecule has 0 aromatic carbocycles. The molecule has 0 radical (unpaired) electrons. The van der Waals surface area contributed by atoms with Gasteiger partial charge in [0.15, 0.2) is 0 Å². The van der Waals surface area contributed by atoms with Gasteiger partial charge in [0.05, 0.1) is 17.6 Å². The number of carbonyl (C=O) groups is 2. The zero-order valence-corrected chi connectivity index (χ0v) is 8.01. The van der Waals surface area contributed by atoms with Crippen LogP contribution in [-0.4, -0.2) is 22.0 Å². The third kappa shape index (κ3) is 2.94. The number of nitrogens with zero attached hydrogens (tertiary/aromatic N) is 1. The fourth-order valence-electron chi connectivity index (χ4n) is 0.975. The van der Waals surface area contributed by atoms with Crippen molar-refractivity contribution in [2.75, 3.05) is 5.73 Å². The number of carboxylic acid groups (broad SMARTS) is 1. The quantitative estimate of drug-likeness (QED) is 0.698. The Labute approximate surface area is 85.7 Å². The average Bonchev–Trinajstić information content (AvgIpc) is 2.15. The summed E-state index contributed by atoms with van der Waals surface area (Å²) in [6.45, 7) is 1.13. The van der Waals surface area contributed by atoms with Crippen LogP contribution in [0.5, 0.6) is 0 Å². The van der Waals surface area contributed by atoms with Gasteiger partial charge in [0.25, 0.3) is 0 Å². The van der Waals surface area contributed by atoms with Crippen LogP contribution in [0.15, 0.2) is 18.3 Å². The lowest BCUT2D eigenvalue weighted by Crippen LogP contribution is -2.19. The highest BCUT2D eigenvalue weighted by atomic mass is 16.6. The summed E-state index contributed by atoms with van der Waals surface area (Å²) in [6, 6.07) is 2.89. The molecule has 0 aliphatic rings. The lowest BCUT2D eigenvalue weighted by molar-refractivity contribution is -0.163. The number of rotatable bonds is 3. The summed E-state index contributed by atoms with van der Waals surface area (Å²) in [6.07, 6.45) is -0.0857. The van der Waals surface area contributed by atoms with E-state index in [0.717, 1.165) is 6.92 Å². The number of aliphatic carboxylic acids is 1. The van der Waals surface area contributed by atoms with Gasteiger partial charge in [-0.1, -0.05) is 0 Å². The van der Waals surface area contributed by atoms with Crippen LogP contribution in [0.3, 0.4) is 0 Å². The number of ether oxygens (including phenoxy) is 1. The van der Waals surface area contributed by atoms with Crippen LogP contribution in [0.4, 0.5) is 5.69 Å². The second-order valence-corrected chi connectivity index (χ2v) is 2.84. The van der Waals surface area contributed by atoms with E-state index in [1.165, 1.54) is 18.3 Å². The van der Waals surface area contributed by atoms with E-state index in [0.29, 0.717) is 5.69 Å². The Bertz CT molecular complexity index is 374. The first kappa shape index (κ1) is 11.0. The monoisotopic (exact) mass is 210 g/mol. The molecule has 1 heterocycles. The van der Waals surface area contributed by atoms with Crippen molar-refractivity contribution >= 4 is 17.6 Å². The highest BCUT2D eigenvalue weighted by molar-refractivity contribution is 5.78. The fourth-order valence-corrected chi connectivity index (χ4v) is 0.975. The van der Waals surface area contributed by atoms with Crippen molar-refractivity contribution in [1.82, 2.24) is 4.98 Å². The fraction of sp³-hybridized carbons (Fsp3) is 0.222. The summed E-state index contributed by atoms with van der Waals surface area (Å²) >= 11 is 0. The Kier molecular flexibility index (Phi) is 3.22. The van der Waals surface area contributed by atoms with Crippen molar-refractivity contribution in [2.24, 2.45) is 0 Å². The normalized spacial score (nSPS) is 11.8. The van der Waals surface area contributed by atoms with Crippen molar-refractivity contribution in [3.8, 4) is 0 Å². The Balaban J connectivity index is 2.94. The van der Waals surface area contributed by atoms with Crippen molar-refractivity contribution in [3.05, 3.63) is 24.0 Å². The first-order chi connectivity index (χ1) is 7.00. The summed E-state index contributed by atoms with van der Waals surface area (Å²) in [5.41, 5.74) is 5.93. The number of esters is 1. The molecule has 80 valence electrons. The molecule has 0 aliphatic carbocycles. The van der Waals surface area contributed by atoms with E-state index in [2.05, 4.69) is 9.72 Å². The lowest BCUT2D eigenvalue weighted by atomic mass is 10.2. The number of nitrogen functional groups attached to an aromatic ring is 1. The summed E-state index contributed by atoms with van der Waals surface area (Å²) in [5, 5.41) is 8.80. The standard InChI is InChI=1S/C9H10N2O4/c1-5(12)15-8(9(13)14)7-3-2-6(10)4-11-7/h2-4,8H,10H2,1H3,(H,13,14). The van der Waals surface area contributed by atoms with Gasteiger partial charge in [-0.25, -0.2) is 4.79 Å². The minimum absolute atomic E-state index is 0.131. The lowest BCUT2D eigenvalue weighted by Gasteiger charge is -2.11. The molecule has 0 aliphatic heterocycles. The molecule has 15 heavy (non-hydrogen) atoms. The molecule has 1 aromatic rings. The number of carboxylic acids is 1. The van der Waals surface area contributed by atoms with Crippen LogP contribution in [0.25, 0.3) is 0 Å². The van der Waals surface area contributed by atoms with Gasteiger partial charge in [-0.05, 0) is 12.1 Å². The van der Waals surface area contributed by atoms with Crippen molar-refractivity contribution in [1.29, 1.82) is 0 Å². The van der Waals surface area contributed by atoms with E-state index in [1.54, 1.807) is 0 Å². The van der Waals surface area contributed by atoms with Gasteiger partial charge in [-0.2, -0.15) is 0 Å². The summed E-state index contributed by atoms with van der Waals surface area (Å²) in [7, 11) is 0. The van der Waals surface area contributed by atoms with Crippen molar-refractivity contribution in [2.45, 2.75) is 13.0 Å². The largest absolute Gasteiger partial charge is 0.478 e. The first-order valence-electron chi connectivity index (χ1n) is 4.12. The third-order valence-corrected chi connectivity index (χ3v) is 1.59. The second kappa shape index (κ2) is 4.41. The molecular formula is C9H10N2O4. The highest BCUT2D eigenvalue weighted by Gasteiger charge is 2.24. The first-order valence-corrected chi connectivity index (χ1v) is 4.12. The number of nitrogens with two attached hydrogens (primary N) is 1. The Hall–Kier alpha value is -2.11. The molecule has 0 spiro atoms. The molecule has 0 bridgehead atoms. The SMILES string of the molecule is CC(=O)OC(C(=O)O)c1ccc(N)cn1. The molecule has 1 aromatic heterocycles. The smallest absolute Gasteiger partial charge is 0.351 e. The maximum absolute atomic E-state index is 10.8. The third-order valence-electron chi connectivity index (χ3n) is 1.59. The highest BCUT2D eigenvalue weighted by Crippen LogP contribution is 2.16. The van der Waals surface area contributed by atoms with Crippen molar-refractivity contribution in [3.63, 3.8) is 0 Å². The molecule has 0 fully saturated rings. The maximum Gasteiger partial charge on any atom is 0.351 e. The molecule has 0 saturated carbocycles. The van der Waals surface area contributed by atoms with Crippen LogP contribution in [0.1, 0.15) is 18.7 Å². The predicted molar refractivity (Wildman–Crippen MR) is 50.8 cm³/mol. The molecule has 1 atom stereocenters. The van der Waals surface area contributed by atoms with Gasteiger partial charge >= 0.3 is 11.9 Å². The van der Waals surface area contributed by atoms with Gasteiger partial charge in [0, 0.05) is 6.92 Å². The van der Waals surface area contributed by atoms with Gasteiger partial charge in [0.2, 0.25) is 6.10 Å². The summed E-state index contributed by atoms with van der Waals surface area (Å²) in [4.78, 5) is 25.2. The van der Waals surface area contributed by atoms with Crippen LogP contribution in [0, 0.1) is 0 Å². The minimum Gasteiger partial charge on any atom is -0.478 e. The summed E-state index contributed by atoms with van der Waals surface area (Å²) in [5.74, 6) is -1.96. The molecular weight excluding hydrogens is 200 g/mol. The topological polar surface area (TPSA) is 103 Å². The molecule has 0 amide bonds.